The lowest BCUT2D eigenvalue weighted by Crippen LogP contribution is -2.41. The molecule has 3 rings (SSSR count). The number of anilines is 1. The Morgan fingerprint density at radius 1 is 1.17 bits per heavy atom. The van der Waals surface area contributed by atoms with Crippen molar-refractivity contribution in [3.8, 4) is 5.75 Å². The molecule has 0 fully saturated rings. The highest BCUT2D eigenvalue weighted by Crippen LogP contribution is 2.30. The molecule has 0 aromatic heterocycles. The second-order valence-electron chi connectivity index (χ2n) is 5.75. The molecule has 1 aliphatic rings. The average molecular weight is 324 g/mol. The highest BCUT2D eigenvalue weighted by atomic mass is 16.5. The van der Waals surface area contributed by atoms with E-state index in [1.807, 2.05) is 55.5 Å². The summed E-state index contributed by atoms with van der Waals surface area (Å²) in [5, 5.41) is 2.94. The maximum absolute atomic E-state index is 12.4. The van der Waals surface area contributed by atoms with Crippen LogP contribution in [0.3, 0.4) is 0 Å². The summed E-state index contributed by atoms with van der Waals surface area (Å²) in [7, 11) is 0. The van der Waals surface area contributed by atoms with Crippen LogP contribution in [0.2, 0.25) is 0 Å². The van der Waals surface area contributed by atoms with Gasteiger partial charge < -0.3 is 10.1 Å². The van der Waals surface area contributed by atoms with Gasteiger partial charge in [-0.2, -0.15) is 0 Å². The Kier molecular flexibility index (Phi) is 4.79. The first-order chi connectivity index (χ1) is 11.6. The minimum Gasteiger partial charge on any atom is -0.491 e. The quantitative estimate of drug-likeness (QED) is 0.941. The molecule has 5 heteroatoms. The van der Waals surface area contributed by atoms with Crippen LogP contribution >= 0.6 is 0 Å². The van der Waals surface area contributed by atoms with E-state index in [-0.39, 0.29) is 30.8 Å². The van der Waals surface area contributed by atoms with Gasteiger partial charge in [0.15, 0.2) is 0 Å². The number of carbonyl (C=O) groups is 2. The SMILES string of the molecule is C[C@H](NC(=O)CN1C(=O)CCOc2ccccc21)c1ccccc1. The van der Waals surface area contributed by atoms with Gasteiger partial charge >= 0.3 is 0 Å². The van der Waals surface area contributed by atoms with Gasteiger partial charge in [0, 0.05) is 0 Å². The first-order valence-corrected chi connectivity index (χ1v) is 8.01. The number of nitrogens with zero attached hydrogens (tertiary/aromatic N) is 1. The van der Waals surface area contributed by atoms with Crippen LogP contribution in [0.25, 0.3) is 0 Å². The summed E-state index contributed by atoms with van der Waals surface area (Å²) in [5.41, 5.74) is 1.67. The van der Waals surface area contributed by atoms with Gasteiger partial charge in [-0.15, -0.1) is 0 Å². The van der Waals surface area contributed by atoms with Crippen molar-refractivity contribution in [2.75, 3.05) is 18.1 Å². The zero-order valence-electron chi connectivity index (χ0n) is 13.6. The van der Waals surface area contributed by atoms with E-state index in [9.17, 15) is 9.59 Å². The van der Waals surface area contributed by atoms with Crippen LogP contribution < -0.4 is 15.0 Å². The molecular formula is C19H20N2O3. The highest BCUT2D eigenvalue weighted by molar-refractivity contribution is 6.00. The first-order valence-electron chi connectivity index (χ1n) is 8.01. The van der Waals surface area contributed by atoms with Crippen molar-refractivity contribution in [1.82, 2.24) is 5.32 Å². The number of hydrogen-bond acceptors (Lipinski definition) is 3. The summed E-state index contributed by atoms with van der Waals surface area (Å²) in [6.07, 6.45) is 0.260. The predicted molar refractivity (Wildman–Crippen MR) is 91.9 cm³/mol. The van der Waals surface area contributed by atoms with E-state index in [2.05, 4.69) is 5.32 Å². The van der Waals surface area contributed by atoms with Crippen molar-refractivity contribution in [1.29, 1.82) is 0 Å². The van der Waals surface area contributed by atoms with Gasteiger partial charge in [-0.3, -0.25) is 14.5 Å². The lowest BCUT2D eigenvalue weighted by molar-refractivity contribution is -0.124. The Bertz CT molecular complexity index is 730. The third-order valence-electron chi connectivity index (χ3n) is 4.01. The lowest BCUT2D eigenvalue weighted by Gasteiger charge is -2.22. The van der Waals surface area contributed by atoms with Gasteiger partial charge in [-0.1, -0.05) is 42.5 Å². The van der Waals surface area contributed by atoms with Crippen molar-refractivity contribution < 1.29 is 14.3 Å². The monoisotopic (exact) mass is 324 g/mol. The largest absolute Gasteiger partial charge is 0.491 e. The number of rotatable bonds is 4. The fourth-order valence-electron chi connectivity index (χ4n) is 2.75. The minimum atomic E-state index is -0.198. The van der Waals surface area contributed by atoms with Gasteiger partial charge in [-0.25, -0.2) is 0 Å². The number of carbonyl (C=O) groups excluding carboxylic acids is 2. The first kappa shape index (κ1) is 16.1. The van der Waals surface area contributed by atoms with Crippen LogP contribution in [0.1, 0.15) is 24.9 Å². The summed E-state index contributed by atoms with van der Waals surface area (Å²) in [6, 6.07) is 16.9. The third-order valence-corrected chi connectivity index (χ3v) is 4.01. The van der Waals surface area contributed by atoms with Crippen LogP contribution in [0, 0.1) is 0 Å². The summed E-state index contributed by atoms with van der Waals surface area (Å²) >= 11 is 0. The van der Waals surface area contributed by atoms with E-state index in [0.717, 1.165) is 5.56 Å². The van der Waals surface area contributed by atoms with Crippen LogP contribution in [-0.4, -0.2) is 25.0 Å². The number of benzene rings is 2. The molecule has 0 saturated heterocycles. The van der Waals surface area contributed by atoms with Crippen LogP contribution in [0.15, 0.2) is 54.6 Å². The molecule has 1 heterocycles. The molecule has 0 aliphatic carbocycles. The topological polar surface area (TPSA) is 58.6 Å². The molecule has 0 radical (unpaired) electrons. The summed E-state index contributed by atoms with van der Waals surface area (Å²) in [4.78, 5) is 26.2. The Hall–Kier alpha value is -2.82. The standard InChI is InChI=1S/C19H20N2O3/c1-14(15-7-3-2-4-8-15)20-18(22)13-21-16-9-5-6-10-17(16)24-12-11-19(21)23/h2-10,14H,11-13H2,1H3,(H,20,22)/t14-/m0/s1. The van der Waals surface area contributed by atoms with Gasteiger partial charge in [0.1, 0.15) is 12.3 Å². The van der Waals surface area contributed by atoms with Crippen LogP contribution in [-0.2, 0) is 9.59 Å². The highest BCUT2D eigenvalue weighted by Gasteiger charge is 2.25. The number of fused-ring (bicyclic) bond motifs is 1. The smallest absolute Gasteiger partial charge is 0.240 e. The zero-order chi connectivity index (χ0) is 16.9. The molecule has 124 valence electrons. The Balaban J connectivity index is 1.72. The lowest BCUT2D eigenvalue weighted by atomic mass is 10.1. The Morgan fingerprint density at radius 3 is 2.67 bits per heavy atom. The van der Waals surface area contributed by atoms with E-state index in [1.54, 1.807) is 6.07 Å². The number of hydrogen-bond donors (Lipinski definition) is 1. The van der Waals surface area contributed by atoms with Crippen molar-refractivity contribution in [2.45, 2.75) is 19.4 Å². The minimum absolute atomic E-state index is 0.0175. The summed E-state index contributed by atoms with van der Waals surface area (Å²) in [5.74, 6) is 0.325. The second-order valence-corrected chi connectivity index (χ2v) is 5.75. The van der Waals surface area contributed by atoms with E-state index in [0.29, 0.717) is 18.0 Å². The molecule has 2 aromatic rings. The molecule has 5 nitrogen and oxygen atoms in total. The van der Waals surface area contributed by atoms with Crippen LogP contribution in [0.4, 0.5) is 5.69 Å². The summed E-state index contributed by atoms with van der Waals surface area (Å²) < 4.78 is 5.59. The molecule has 0 unspecified atom stereocenters. The van der Waals surface area contributed by atoms with Crippen molar-refractivity contribution >= 4 is 17.5 Å². The van der Waals surface area contributed by atoms with E-state index in [4.69, 9.17) is 4.74 Å². The normalized spacial score (nSPS) is 15.0. The number of ether oxygens (including phenoxy) is 1. The van der Waals surface area contributed by atoms with Crippen molar-refractivity contribution in [3.63, 3.8) is 0 Å². The molecule has 1 aliphatic heterocycles. The predicted octanol–water partition coefficient (Wildman–Crippen LogP) is 2.68. The molecule has 2 aromatic carbocycles. The van der Waals surface area contributed by atoms with Gasteiger partial charge in [0.05, 0.1) is 24.8 Å². The van der Waals surface area contributed by atoms with E-state index < -0.39 is 0 Å². The molecule has 0 bridgehead atoms. The third kappa shape index (κ3) is 3.56. The summed E-state index contributed by atoms with van der Waals surface area (Å²) in [6.45, 7) is 2.24. The van der Waals surface area contributed by atoms with E-state index in [1.165, 1.54) is 4.90 Å². The van der Waals surface area contributed by atoms with Gasteiger partial charge in [0.25, 0.3) is 0 Å². The fraction of sp³-hybridized carbons (Fsp3) is 0.263. The Morgan fingerprint density at radius 2 is 1.88 bits per heavy atom. The molecule has 24 heavy (non-hydrogen) atoms. The average Bonchev–Trinajstić information content (AvgIpc) is 2.75. The maximum atomic E-state index is 12.4. The molecule has 0 saturated carbocycles. The molecule has 0 spiro atoms. The molecular weight excluding hydrogens is 304 g/mol. The molecule has 1 N–H and O–H groups in total. The molecule has 1 atom stereocenters. The van der Waals surface area contributed by atoms with Crippen molar-refractivity contribution in [2.24, 2.45) is 0 Å². The van der Waals surface area contributed by atoms with Crippen molar-refractivity contribution in [3.05, 3.63) is 60.2 Å². The molecule has 2 amide bonds. The van der Waals surface area contributed by atoms with Gasteiger partial charge in [0.2, 0.25) is 11.8 Å². The second kappa shape index (κ2) is 7.17. The number of amides is 2. The maximum Gasteiger partial charge on any atom is 0.240 e. The zero-order valence-corrected chi connectivity index (χ0v) is 13.6. The van der Waals surface area contributed by atoms with Crippen LogP contribution in [0.5, 0.6) is 5.75 Å². The van der Waals surface area contributed by atoms with Gasteiger partial charge in [-0.05, 0) is 24.6 Å². The Labute approximate surface area is 141 Å². The number of nitrogens with one attached hydrogen (secondary N) is 1. The number of para-hydroxylation sites is 2. The van der Waals surface area contributed by atoms with E-state index >= 15 is 0 Å². The fourth-order valence-corrected chi connectivity index (χ4v) is 2.75.